The second kappa shape index (κ2) is 5.85. The van der Waals surface area contributed by atoms with Crippen molar-refractivity contribution >= 4 is 5.91 Å². The molecular formula is C14H26N2O. The standard InChI is InChI=1S/C14H26N2O/c1-11(10-13-4-3-5-13)15-14-6-8-16(9-7-14)12(2)17/h11,13-15H,3-10H2,1-2H3. The van der Waals surface area contributed by atoms with Gasteiger partial charge in [0.05, 0.1) is 0 Å². The van der Waals surface area contributed by atoms with E-state index in [2.05, 4.69) is 12.2 Å². The highest BCUT2D eigenvalue weighted by molar-refractivity contribution is 5.73. The van der Waals surface area contributed by atoms with Crippen molar-refractivity contribution in [3.05, 3.63) is 0 Å². The van der Waals surface area contributed by atoms with Crippen molar-refractivity contribution in [2.24, 2.45) is 5.92 Å². The highest BCUT2D eigenvalue weighted by Crippen LogP contribution is 2.30. The van der Waals surface area contributed by atoms with E-state index in [1.165, 1.54) is 25.7 Å². The quantitative estimate of drug-likeness (QED) is 0.814. The number of nitrogens with zero attached hydrogens (tertiary/aromatic N) is 1. The Labute approximate surface area is 105 Å². The van der Waals surface area contributed by atoms with Gasteiger partial charge in [0, 0.05) is 32.1 Å². The number of piperidine rings is 1. The van der Waals surface area contributed by atoms with Crippen LogP contribution >= 0.6 is 0 Å². The minimum atomic E-state index is 0.228. The van der Waals surface area contributed by atoms with Gasteiger partial charge in [-0.05, 0) is 32.1 Å². The molecule has 1 atom stereocenters. The Hall–Kier alpha value is -0.570. The second-order valence-corrected chi connectivity index (χ2v) is 5.88. The third-order valence-corrected chi connectivity index (χ3v) is 4.37. The Bertz CT molecular complexity index is 255. The maximum absolute atomic E-state index is 11.2. The first-order chi connectivity index (χ1) is 8.15. The van der Waals surface area contributed by atoms with Gasteiger partial charge in [0.2, 0.25) is 5.91 Å². The number of amides is 1. The number of carbonyl (C=O) groups is 1. The molecule has 2 fully saturated rings. The van der Waals surface area contributed by atoms with Crippen LogP contribution in [0.15, 0.2) is 0 Å². The van der Waals surface area contributed by atoms with Crippen molar-refractivity contribution in [2.45, 2.75) is 64.5 Å². The molecule has 1 aliphatic heterocycles. The molecule has 2 rings (SSSR count). The topological polar surface area (TPSA) is 32.3 Å². The molecule has 98 valence electrons. The van der Waals surface area contributed by atoms with E-state index < -0.39 is 0 Å². The molecule has 1 saturated heterocycles. The molecule has 0 bridgehead atoms. The molecule has 0 spiro atoms. The van der Waals surface area contributed by atoms with E-state index in [4.69, 9.17) is 0 Å². The molecule has 3 heteroatoms. The largest absolute Gasteiger partial charge is 0.343 e. The fourth-order valence-electron chi connectivity index (χ4n) is 3.06. The van der Waals surface area contributed by atoms with Crippen molar-refractivity contribution in [1.29, 1.82) is 0 Å². The SMILES string of the molecule is CC(=O)N1CCC(NC(C)CC2CCC2)CC1. The van der Waals surface area contributed by atoms with Gasteiger partial charge in [-0.25, -0.2) is 0 Å². The molecule has 2 aliphatic rings. The van der Waals surface area contributed by atoms with E-state index in [-0.39, 0.29) is 5.91 Å². The molecule has 1 N–H and O–H groups in total. The lowest BCUT2D eigenvalue weighted by molar-refractivity contribution is -0.129. The Morgan fingerprint density at radius 1 is 1.29 bits per heavy atom. The van der Waals surface area contributed by atoms with Gasteiger partial charge in [-0.1, -0.05) is 19.3 Å². The maximum Gasteiger partial charge on any atom is 0.219 e. The van der Waals surface area contributed by atoms with Gasteiger partial charge in [0.25, 0.3) is 0 Å². The molecule has 17 heavy (non-hydrogen) atoms. The summed E-state index contributed by atoms with van der Waals surface area (Å²) in [4.78, 5) is 13.2. The summed E-state index contributed by atoms with van der Waals surface area (Å²) in [7, 11) is 0. The fraction of sp³-hybridized carbons (Fsp3) is 0.929. The first-order valence-corrected chi connectivity index (χ1v) is 7.16. The van der Waals surface area contributed by atoms with Crippen LogP contribution in [0.1, 0.15) is 52.4 Å². The average Bonchev–Trinajstić information content (AvgIpc) is 2.24. The minimum absolute atomic E-state index is 0.228. The predicted molar refractivity (Wildman–Crippen MR) is 69.8 cm³/mol. The summed E-state index contributed by atoms with van der Waals surface area (Å²) < 4.78 is 0. The van der Waals surface area contributed by atoms with Gasteiger partial charge in [0.15, 0.2) is 0 Å². The third kappa shape index (κ3) is 3.70. The number of likely N-dealkylation sites (tertiary alicyclic amines) is 1. The van der Waals surface area contributed by atoms with E-state index in [0.717, 1.165) is 31.8 Å². The number of rotatable bonds is 4. The second-order valence-electron chi connectivity index (χ2n) is 5.88. The molecule has 1 amide bonds. The van der Waals surface area contributed by atoms with Crippen LogP contribution in [0.25, 0.3) is 0 Å². The Morgan fingerprint density at radius 3 is 2.41 bits per heavy atom. The molecule has 0 aromatic carbocycles. The molecule has 0 aromatic heterocycles. The normalized spacial score (nSPS) is 24.5. The van der Waals surface area contributed by atoms with Crippen molar-refractivity contribution in [3.63, 3.8) is 0 Å². The first-order valence-electron chi connectivity index (χ1n) is 7.16. The maximum atomic E-state index is 11.2. The Morgan fingerprint density at radius 2 is 1.94 bits per heavy atom. The number of hydrogen-bond acceptors (Lipinski definition) is 2. The van der Waals surface area contributed by atoms with Crippen LogP contribution in [0.5, 0.6) is 0 Å². The van der Waals surface area contributed by atoms with Crippen LogP contribution in [0, 0.1) is 5.92 Å². The number of nitrogens with one attached hydrogen (secondary N) is 1. The summed E-state index contributed by atoms with van der Waals surface area (Å²) in [5.74, 6) is 1.21. The Balaban J connectivity index is 1.64. The highest BCUT2D eigenvalue weighted by Gasteiger charge is 2.24. The molecule has 1 aliphatic carbocycles. The molecular weight excluding hydrogens is 212 g/mol. The molecule has 3 nitrogen and oxygen atoms in total. The van der Waals surface area contributed by atoms with Crippen LogP contribution in [0.4, 0.5) is 0 Å². The summed E-state index contributed by atoms with van der Waals surface area (Å²) in [6, 6.07) is 1.27. The van der Waals surface area contributed by atoms with Crippen LogP contribution in [0.3, 0.4) is 0 Å². The van der Waals surface area contributed by atoms with Gasteiger partial charge < -0.3 is 10.2 Å². The minimum Gasteiger partial charge on any atom is -0.343 e. The predicted octanol–water partition coefficient (Wildman–Crippen LogP) is 2.17. The van der Waals surface area contributed by atoms with E-state index in [0.29, 0.717) is 12.1 Å². The third-order valence-electron chi connectivity index (χ3n) is 4.37. The van der Waals surface area contributed by atoms with Crippen molar-refractivity contribution in [3.8, 4) is 0 Å². The Kier molecular flexibility index (Phi) is 4.43. The zero-order valence-electron chi connectivity index (χ0n) is 11.2. The molecule has 1 saturated carbocycles. The number of carbonyl (C=O) groups excluding carboxylic acids is 1. The van der Waals surface area contributed by atoms with Gasteiger partial charge in [-0.3, -0.25) is 4.79 Å². The zero-order valence-corrected chi connectivity index (χ0v) is 11.2. The smallest absolute Gasteiger partial charge is 0.219 e. The summed E-state index contributed by atoms with van der Waals surface area (Å²) in [5, 5.41) is 3.74. The first kappa shape index (κ1) is 12.9. The average molecular weight is 238 g/mol. The monoisotopic (exact) mass is 238 g/mol. The summed E-state index contributed by atoms with van der Waals surface area (Å²) in [6.07, 6.45) is 7.90. The highest BCUT2D eigenvalue weighted by atomic mass is 16.2. The van der Waals surface area contributed by atoms with Gasteiger partial charge in [-0.2, -0.15) is 0 Å². The van der Waals surface area contributed by atoms with Gasteiger partial charge >= 0.3 is 0 Å². The fourth-order valence-corrected chi connectivity index (χ4v) is 3.06. The van der Waals surface area contributed by atoms with Crippen molar-refractivity contribution in [2.75, 3.05) is 13.1 Å². The lowest BCUT2D eigenvalue weighted by Gasteiger charge is -2.35. The summed E-state index contributed by atoms with van der Waals surface area (Å²) >= 11 is 0. The van der Waals surface area contributed by atoms with Crippen LogP contribution in [0.2, 0.25) is 0 Å². The van der Waals surface area contributed by atoms with E-state index >= 15 is 0 Å². The van der Waals surface area contributed by atoms with Gasteiger partial charge in [-0.15, -0.1) is 0 Å². The zero-order chi connectivity index (χ0) is 12.3. The lowest BCUT2D eigenvalue weighted by Crippen LogP contribution is -2.47. The lowest BCUT2D eigenvalue weighted by atomic mass is 9.81. The summed E-state index contributed by atoms with van der Waals surface area (Å²) in [5.41, 5.74) is 0. The van der Waals surface area contributed by atoms with E-state index in [9.17, 15) is 4.79 Å². The van der Waals surface area contributed by atoms with Gasteiger partial charge in [0.1, 0.15) is 0 Å². The van der Waals surface area contributed by atoms with Crippen molar-refractivity contribution < 1.29 is 4.79 Å². The van der Waals surface area contributed by atoms with E-state index in [1.807, 2.05) is 4.90 Å². The van der Waals surface area contributed by atoms with Crippen LogP contribution < -0.4 is 5.32 Å². The van der Waals surface area contributed by atoms with Crippen molar-refractivity contribution in [1.82, 2.24) is 10.2 Å². The molecule has 1 heterocycles. The van der Waals surface area contributed by atoms with Crippen LogP contribution in [-0.2, 0) is 4.79 Å². The molecule has 0 aromatic rings. The number of hydrogen-bond donors (Lipinski definition) is 1. The van der Waals surface area contributed by atoms with E-state index in [1.54, 1.807) is 6.92 Å². The summed E-state index contributed by atoms with van der Waals surface area (Å²) in [6.45, 7) is 5.86. The molecule has 1 unspecified atom stereocenters. The van der Waals surface area contributed by atoms with Crippen LogP contribution in [-0.4, -0.2) is 36.0 Å². The molecule has 0 radical (unpaired) electrons.